The molecule has 2 aromatic rings. The minimum atomic E-state index is -1.04. The van der Waals surface area contributed by atoms with Gasteiger partial charge in [-0.2, -0.15) is 10.4 Å². The highest BCUT2D eigenvalue weighted by molar-refractivity contribution is 6.47. The number of ether oxygens (including phenoxy) is 2. The maximum Gasteiger partial charge on any atom is 0.414 e. The quantitative estimate of drug-likeness (QED) is 0.388. The van der Waals surface area contributed by atoms with Crippen LogP contribution in [0.2, 0.25) is 15.2 Å². The summed E-state index contributed by atoms with van der Waals surface area (Å²) in [4.78, 5) is 23.2. The summed E-state index contributed by atoms with van der Waals surface area (Å²) in [5.41, 5.74) is 2.98. The monoisotopic (exact) mass is 510 g/mol. The van der Waals surface area contributed by atoms with E-state index in [2.05, 4.69) is 25.5 Å². The highest BCUT2D eigenvalue weighted by Crippen LogP contribution is 2.42. The van der Waals surface area contributed by atoms with Crippen LogP contribution < -0.4 is 15.5 Å². The van der Waals surface area contributed by atoms with Gasteiger partial charge in [-0.15, -0.1) is 10.2 Å². The zero-order chi connectivity index (χ0) is 24.0. The van der Waals surface area contributed by atoms with E-state index in [-0.39, 0.29) is 34.0 Å². The van der Waals surface area contributed by atoms with E-state index in [0.717, 1.165) is 24.8 Å². The van der Waals surface area contributed by atoms with Crippen LogP contribution >= 0.6 is 34.8 Å². The standard InChI is InChI=1S/C20H17Cl3N6O4/c1-2-32-20(31)25-19(30)15(9-24)27-26-11-6-13(21)17(14(22)7-11)33-16-8-12(10-4-3-5-10)18(23)29-28-16/h6-8,10,26H,2-5H2,1H3,(H,25,30,31)/b27-15+. The second-order valence-corrected chi connectivity index (χ2v) is 7.96. The van der Waals surface area contributed by atoms with Crippen molar-refractivity contribution in [2.24, 2.45) is 5.10 Å². The lowest BCUT2D eigenvalue weighted by atomic mass is 9.81. The van der Waals surface area contributed by atoms with E-state index in [9.17, 15) is 9.59 Å². The summed E-state index contributed by atoms with van der Waals surface area (Å²) in [6.07, 6.45) is 2.18. The number of hydrogen-bond donors (Lipinski definition) is 2. The molecule has 0 radical (unpaired) electrons. The normalized spacial score (nSPS) is 13.5. The molecule has 3 rings (SSSR count). The minimum Gasteiger partial charge on any atom is -0.450 e. The Morgan fingerprint density at radius 1 is 1.21 bits per heavy atom. The molecule has 0 saturated heterocycles. The van der Waals surface area contributed by atoms with Gasteiger partial charge < -0.3 is 9.47 Å². The third-order valence-corrected chi connectivity index (χ3v) is 5.47. The van der Waals surface area contributed by atoms with Crippen LogP contribution in [-0.2, 0) is 9.53 Å². The Morgan fingerprint density at radius 2 is 1.91 bits per heavy atom. The number of hydrogen-bond acceptors (Lipinski definition) is 9. The van der Waals surface area contributed by atoms with Crippen molar-refractivity contribution in [3.05, 3.63) is 39.0 Å². The van der Waals surface area contributed by atoms with Crippen LogP contribution in [-0.4, -0.2) is 34.5 Å². The molecule has 1 aliphatic rings. The van der Waals surface area contributed by atoms with Gasteiger partial charge in [-0.3, -0.25) is 15.5 Å². The molecule has 0 spiro atoms. The first kappa shape index (κ1) is 24.5. The molecular weight excluding hydrogens is 495 g/mol. The molecule has 172 valence electrons. The van der Waals surface area contributed by atoms with E-state index in [1.54, 1.807) is 19.1 Å². The zero-order valence-corrected chi connectivity index (χ0v) is 19.5. The van der Waals surface area contributed by atoms with Gasteiger partial charge in [0.05, 0.1) is 22.3 Å². The third kappa shape index (κ3) is 6.22. The molecule has 0 atom stereocenters. The van der Waals surface area contributed by atoms with Crippen LogP contribution in [0.3, 0.4) is 0 Å². The van der Waals surface area contributed by atoms with Gasteiger partial charge in [-0.05, 0) is 43.4 Å². The van der Waals surface area contributed by atoms with Crippen molar-refractivity contribution in [3.63, 3.8) is 0 Å². The van der Waals surface area contributed by atoms with Crippen LogP contribution in [0, 0.1) is 11.3 Å². The number of benzene rings is 1. The molecule has 33 heavy (non-hydrogen) atoms. The molecule has 0 aliphatic heterocycles. The predicted octanol–water partition coefficient (Wildman–Crippen LogP) is 5.06. The number of nitrogens with one attached hydrogen (secondary N) is 2. The average Bonchev–Trinajstić information content (AvgIpc) is 2.72. The molecule has 1 aromatic heterocycles. The second-order valence-electron chi connectivity index (χ2n) is 6.79. The van der Waals surface area contributed by atoms with Crippen LogP contribution in [0.1, 0.15) is 37.7 Å². The summed E-state index contributed by atoms with van der Waals surface area (Å²) < 4.78 is 10.3. The van der Waals surface area contributed by atoms with Gasteiger partial charge in [0.1, 0.15) is 6.07 Å². The van der Waals surface area contributed by atoms with E-state index in [4.69, 9.17) is 44.8 Å². The molecule has 1 heterocycles. The maximum atomic E-state index is 11.9. The van der Waals surface area contributed by atoms with E-state index in [1.807, 2.05) is 5.32 Å². The fraction of sp³-hybridized carbons (Fsp3) is 0.300. The predicted molar refractivity (Wildman–Crippen MR) is 122 cm³/mol. The topological polar surface area (TPSA) is 139 Å². The molecule has 0 bridgehead atoms. The van der Waals surface area contributed by atoms with Gasteiger partial charge in [-0.25, -0.2) is 4.79 Å². The second kappa shape index (κ2) is 11.1. The van der Waals surface area contributed by atoms with Gasteiger partial charge in [0.25, 0.3) is 5.91 Å². The van der Waals surface area contributed by atoms with Crippen LogP contribution in [0.15, 0.2) is 23.3 Å². The Hall–Kier alpha value is -3.13. The van der Waals surface area contributed by atoms with Gasteiger partial charge in [0.2, 0.25) is 11.6 Å². The molecule has 1 fully saturated rings. The molecule has 0 unspecified atom stereocenters. The third-order valence-electron chi connectivity index (χ3n) is 4.61. The molecule has 2 N–H and O–H groups in total. The summed E-state index contributed by atoms with van der Waals surface area (Å²) in [7, 11) is 0. The Bertz CT molecular complexity index is 1120. The Balaban J connectivity index is 1.74. The number of aromatic nitrogens is 2. The molecule has 1 aromatic carbocycles. The number of rotatable bonds is 7. The number of imide groups is 1. The fourth-order valence-electron chi connectivity index (χ4n) is 2.82. The molecule has 1 saturated carbocycles. The number of anilines is 1. The number of amides is 2. The van der Waals surface area contributed by atoms with E-state index in [1.165, 1.54) is 12.1 Å². The van der Waals surface area contributed by atoms with Crippen molar-refractivity contribution in [2.45, 2.75) is 32.1 Å². The number of alkyl carbamates (subject to hydrolysis) is 1. The molecule has 2 amide bonds. The number of hydrazone groups is 1. The smallest absolute Gasteiger partial charge is 0.414 e. The highest BCUT2D eigenvalue weighted by atomic mass is 35.5. The fourth-order valence-corrected chi connectivity index (χ4v) is 3.63. The molecule has 13 heteroatoms. The average molecular weight is 512 g/mol. The largest absolute Gasteiger partial charge is 0.450 e. The van der Waals surface area contributed by atoms with Gasteiger partial charge in [0, 0.05) is 6.07 Å². The van der Waals surface area contributed by atoms with Crippen molar-refractivity contribution < 1.29 is 19.1 Å². The number of nitriles is 1. The van der Waals surface area contributed by atoms with Crippen molar-refractivity contribution in [2.75, 3.05) is 12.0 Å². The number of halogens is 3. The van der Waals surface area contributed by atoms with E-state index >= 15 is 0 Å². The lowest BCUT2D eigenvalue weighted by Crippen LogP contribution is -2.36. The Kier molecular flexibility index (Phi) is 8.27. The lowest BCUT2D eigenvalue weighted by molar-refractivity contribution is -0.114. The van der Waals surface area contributed by atoms with E-state index < -0.39 is 17.7 Å². The summed E-state index contributed by atoms with van der Waals surface area (Å²) >= 11 is 18.7. The van der Waals surface area contributed by atoms with Crippen molar-refractivity contribution >= 4 is 58.2 Å². The zero-order valence-electron chi connectivity index (χ0n) is 17.2. The van der Waals surface area contributed by atoms with Crippen LogP contribution in [0.25, 0.3) is 0 Å². The number of carbonyl (C=O) groups excluding carboxylic acids is 2. The molecule has 10 nitrogen and oxygen atoms in total. The summed E-state index contributed by atoms with van der Waals surface area (Å²) in [6.45, 7) is 1.63. The Labute approximate surface area is 203 Å². The van der Waals surface area contributed by atoms with Crippen molar-refractivity contribution in [1.82, 2.24) is 15.5 Å². The number of carbonyl (C=O) groups is 2. The van der Waals surface area contributed by atoms with Crippen LogP contribution in [0.4, 0.5) is 10.5 Å². The first-order valence-electron chi connectivity index (χ1n) is 9.74. The van der Waals surface area contributed by atoms with Crippen molar-refractivity contribution in [1.29, 1.82) is 5.26 Å². The first-order chi connectivity index (χ1) is 15.8. The van der Waals surface area contributed by atoms with Gasteiger partial charge in [0.15, 0.2) is 10.9 Å². The van der Waals surface area contributed by atoms with Gasteiger partial charge in [-0.1, -0.05) is 41.2 Å². The SMILES string of the molecule is CCOC(=O)NC(=O)/C(C#N)=N/Nc1cc(Cl)c(Oc2cc(C3CCC3)c(Cl)nn2)c(Cl)c1. The maximum absolute atomic E-state index is 11.9. The molecule has 1 aliphatic carbocycles. The van der Waals surface area contributed by atoms with Gasteiger partial charge >= 0.3 is 6.09 Å². The highest BCUT2D eigenvalue weighted by Gasteiger charge is 2.24. The minimum absolute atomic E-state index is 0.0608. The molecular formula is C20H17Cl3N6O4. The summed E-state index contributed by atoms with van der Waals surface area (Å²) in [5, 5.41) is 23.1. The number of nitrogens with zero attached hydrogens (tertiary/aromatic N) is 4. The van der Waals surface area contributed by atoms with Crippen molar-refractivity contribution in [3.8, 4) is 17.7 Å². The summed E-state index contributed by atoms with van der Waals surface area (Å²) in [6, 6.07) is 6.12. The van der Waals surface area contributed by atoms with E-state index in [0.29, 0.717) is 11.1 Å². The van der Waals surface area contributed by atoms with Crippen LogP contribution in [0.5, 0.6) is 11.6 Å². The first-order valence-corrected chi connectivity index (χ1v) is 10.9. The Morgan fingerprint density at radius 3 is 2.48 bits per heavy atom. The lowest BCUT2D eigenvalue weighted by Gasteiger charge is -2.26. The summed E-state index contributed by atoms with van der Waals surface area (Å²) in [5.74, 6) is -0.402.